The van der Waals surface area contributed by atoms with E-state index in [1.807, 2.05) is 0 Å². The van der Waals surface area contributed by atoms with Crippen molar-refractivity contribution in [3.05, 3.63) is 30.4 Å². The summed E-state index contributed by atoms with van der Waals surface area (Å²) in [5.74, 6) is 0.876. The number of rotatable bonds is 5. The van der Waals surface area contributed by atoms with Crippen molar-refractivity contribution in [3.8, 4) is 17.2 Å². The van der Waals surface area contributed by atoms with Gasteiger partial charge in [0.25, 0.3) is 5.91 Å². The number of hydrogen-bond acceptors (Lipinski definition) is 6. The van der Waals surface area contributed by atoms with Crippen molar-refractivity contribution >= 4 is 5.91 Å². The zero-order chi connectivity index (χ0) is 14.5. The van der Waals surface area contributed by atoms with Crippen molar-refractivity contribution in [2.75, 3.05) is 26.8 Å². The van der Waals surface area contributed by atoms with Gasteiger partial charge in [0, 0.05) is 5.56 Å². The maximum Gasteiger partial charge on any atom is 0.270 e. The number of amides is 1. The molecule has 0 radical (unpaired) electrons. The Morgan fingerprint density at radius 3 is 2.05 bits per heavy atom. The summed E-state index contributed by atoms with van der Waals surface area (Å²) in [4.78, 5) is 12.1. The number of nitrogens with one attached hydrogen (secondary N) is 1. The van der Waals surface area contributed by atoms with E-state index < -0.39 is 0 Å². The molecule has 0 aliphatic rings. The predicted octanol–water partition coefficient (Wildman–Crippen LogP) is 0.688. The Bertz CT molecular complexity index is 573. The molecule has 8 heteroatoms. The maximum absolute atomic E-state index is 12.1. The molecule has 1 heterocycles. The van der Waals surface area contributed by atoms with Gasteiger partial charge in [-0.3, -0.25) is 10.2 Å². The lowest BCUT2D eigenvalue weighted by Gasteiger charge is -2.14. The molecule has 0 fully saturated rings. The quantitative estimate of drug-likeness (QED) is 0.865. The van der Waals surface area contributed by atoms with E-state index in [1.165, 1.54) is 38.7 Å². The van der Waals surface area contributed by atoms with Crippen LogP contribution in [0.25, 0.3) is 0 Å². The first-order chi connectivity index (χ1) is 9.69. The molecule has 0 unspecified atom stereocenters. The zero-order valence-electron chi connectivity index (χ0n) is 11.3. The van der Waals surface area contributed by atoms with Crippen LogP contribution in [0.3, 0.4) is 0 Å². The predicted molar refractivity (Wildman–Crippen MR) is 69.8 cm³/mol. The van der Waals surface area contributed by atoms with Gasteiger partial charge < -0.3 is 14.2 Å². The number of aromatic nitrogens is 3. The number of benzene rings is 1. The Labute approximate surface area is 115 Å². The minimum Gasteiger partial charge on any atom is -0.493 e. The average Bonchev–Trinajstić information content (AvgIpc) is 2.98. The van der Waals surface area contributed by atoms with E-state index in [2.05, 4.69) is 15.6 Å². The molecule has 0 aliphatic carbocycles. The summed E-state index contributed by atoms with van der Waals surface area (Å²) in [5.41, 5.74) is 2.93. The molecular weight excluding hydrogens is 264 g/mol. The zero-order valence-corrected chi connectivity index (χ0v) is 11.3. The molecule has 106 valence electrons. The number of ether oxygens (including phenoxy) is 3. The van der Waals surface area contributed by atoms with E-state index in [0.717, 1.165) is 0 Å². The molecule has 0 saturated carbocycles. The first-order valence-corrected chi connectivity index (χ1v) is 5.65. The Morgan fingerprint density at radius 1 is 1.05 bits per heavy atom. The lowest BCUT2D eigenvalue weighted by molar-refractivity contribution is 0.101. The van der Waals surface area contributed by atoms with E-state index in [1.54, 1.807) is 12.1 Å². The number of methoxy groups -OCH3 is 3. The molecule has 1 N–H and O–H groups in total. The third-order valence-electron chi connectivity index (χ3n) is 2.58. The third-order valence-corrected chi connectivity index (χ3v) is 2.58. The standard InChI is InChI=1S/C12H14N4O4/c1-18-9-4-8(5-10(19-2)11(9)20-3)12(17)15-16-6-13-14-7-16/h4-7H,1-3H3,(H,15,17). The van der Waals surface area contributed by atoms with Crippen molar-refractivity contribution in [1.29, 1.82) is 0 Å². The largest absolute Gasteiger partial charge is 0.493 e. The van der Waals surface area contributed by atoms with Crippen LogP contribution in [-0.2, 0) is 0 Å². The van der Waals surface area contributed by atoms with Crippen molar-refractivity contribution in [2.24, 2.45) is 0 Å². The molecule has 1 amide bonds. The number of carbonyl (C=O) groups excluding carboxylic acids is 1. The molecule has 0 atom stereocenters. The Kier molecular flexibility index (Phi) is 4.04. The molecule has 0 bridgehead atoms. The molecule has 20 heavy (non-hydrogen) atoms. The van der Waals surface area contributed by atoms with Gasteiger partial charge in [0.2, 0.25) is 5.75 Å². The molecule has 8 nitrogen and oxygen atoms in total. The summed E-state index contributed by atoms with van der Waals surface area (Å²) in [6, 6.07) is 3.11. The third kappa shape index (κ3) is 2.63. The normalized spacial score (nSPS) is 9.95. The fourth-order valence-electron chi connectivity index (χ4n) is 1.65. The van der Waals surface area contributed by atoms with Crippen LogP contribution < -0.4 is 19.6 Å². The summed E-state index contributed by atoms with van der Waals surface area (Å²) < 4.78 is 16.9. The summed E-state index contributed by atoms with van der Waals surface area (Å²) >= 11 is 0. The average molecular weight is 278 g/mol. The van der Waals surface area contributed by atoms with Crippen LogP contribution in [0.2, 0.25) is 0 Å². The number of nitrogens with zero attached hydrogens (tertiary/aromatic N) is 3. The van der Waals surface area contributed by atoms with Crippen LogP contribution in [0.5, 0.6) is 17.2 Å². The van der Waals surface area contributed by atoms with Crippen LogP contribution in [0.15, 0.2) is 24.8 Å². The van der Waals surface area contributed by atoms with Gasteiger partial charge in [0.15, 0.2) is 11.5 Å². The van der Waals surface area contributed by atoms with Crippen LogP contribution in [-0.4, -0.2) is 42.1 Å². The van der Waals surface area contributed by atoms with Gasteiger partial charge >= 0.3 is 0 Å². The molecule has 1 aromatic heterocycles. The van der Waals surface area contributed by atoms with Crippen LogP contribution in [0.1, 0.15) is 10.4 Å². The van der Waals surface area contributed by atoms with Gasteiger partial charge in [-0.05, 0) is 12.1 Å². The van der Waals surface area contributed by atoms with Gasteiger partial charge in [-0.2, -0.15) is 0 Å². The van der Waals surface area contributed by atoms with E-state index >= 15 is 0 Å². The SMILES string of the molecule is COc1cc(C(=O)Nn2cnnc2)cc(OC)c1OC. The first-order valence-electron chi connectivity index (χ1n) is 5.65. The highest BCUT2D eigenvalue weighted by Gasteiger charge is 2.17. The first kappa shape index (κ1) is 13.7. The highest BCUT2D eigenvalue weighted by Crippen LogP contribution is 2.38. The van der Waals surface area contributed by atoms with Crippen molar-refractivity contribution in [2.45, 2.75) is 0 Å². The number of carbonyl (C=O) groups is 1. The summed E-state index contributed by atoms with van der Waals surface area (Å²) in [5, 5.41) is 7.19. The Hall–Kier alpha value is -2.77. The van der Waals surface area contributed by atoms with Gasteiger partial charge in [-0.25, -0.2) is 4.68 Å². The van der Waals surface area contributed by atoms with Crippen LogP contribution in [0.4, 0.5) is 0 Å². The van der Waals surface area contributed by atoms with Gasteiger partial charge in [0.1, 0.15) is 12.7 Å². The second-order valence-corrected chi connectivity index (χ2v) is 3.72. The van der Waals surface area contributed by atoms with E-state index in [9.17, 15) is 4.79 Å². The lowest BCUT2D eigenvalue weighted by atomic mass is 10.1. The maximum atomic E-state index is 12.1. The van der Waals surface area contributed by atoms with Gasteiger partial charge in [-0.1, -0.05) is 0 Å². The Morgan fingerprint density at radius 2 is 1.60 bits per heavy atom. The minimum atomic E-state index is -0.357. The second kappa shape index (κ2) is 5.91. The van der Waals surface area contributed by atoms with E-state index in [-0.39, 0.29) is 5.91 Å². The topological polar surface area (TPSA) is 87.5 Å². The van der Waals surface area contributed by atoms with Crippen LogP contribution >= 0.6 is 0 Å². The highest BCUT2D eigenvalue weighted by molar-refractivity contribution is 6.01. The summed E-state index contributed by atoms with van der Waals surface area (Å²) in [6.45, 7) is 0. The monoisotopic (exact) mass is 278 g/mol. The summed E-state index contributed by atoms with van der Waals surface area (Å²) in [6.07, 6.45) is 2.74. The van der Waals surface area contributed by atoms with Gasteiger partial charge in [-0.15, -0.1) is 10.2 Å². The second-order valence-electron chi connectivity index (χ2n) is 3.72. The van der Waals surface area contributed by atoms with E-state index in [0.29, 0.717) is 22.8 Å². The molecule has 0 spiro atoms. The molecule has 1 aromatic carbocycles. The van der Waals surface area contributed by atoms with Crippen molar-refractivity contribution in [1.82, 2.24) is 14.9 Å². The molecular formula is C12H14N4O4. The van der Waals surface area contributed by atoms with Crippen molar-refractivity contribution in [3.63, 3.8) is 0 Å². The minimum absolute atomic E-state index is 0.355. The fourth-order valence-corrected chi connectivity index (χ4v) is 1.65. The number of hydrogen-bond donors (Lipinski definition) is 1. The van der Waals surface area contributed by atoms with E-state index in [4.69, 9.17) is 14.2 Å². The molecule has 2 aromatic rings. The highest BCUT2D eigenvalue weighted by atomic mass is 16.5. The molecule has 0 saturated heterocycles. The van der Waals surface area contributed by atoms with Gasteiger partial charge in [0.05, 0.1) is 21.3 Å². The lowest BCUT2D eigenvalue weighted by Crippen LogP contribution is -2.21. The smallest absolute Gasteiger partial charge is 0.270 e. The Balaban J connectivity index is 2.34. The van der Waals surface area contributed by atoms with Crippen molar-refractivity contribution < 1.29 is 19.0 Å². The van der Waals surface area contributed by atoms with Crippen LogP contribution in [0, 0.1) is 0 Å². The fraction of sp³-hybridized carbons (Fsp3) is 0.250. The molecule has 2 rings (SSSR count). The molecule has 0 aliphatic heterocycles. The summed E-state index contributed by atoms with van der Waals surface area (Å²) in [7, 11) is 4.47.